The monoisotopic (exact) mass is 267 g/mol. The largest absolute Gasteiger partial charge is 0.418 e. The fourth-order valence-electron chi connectivity index (χ4n) is 1.33. The van der Waals surface area contributed by atoms with Crippen molar-refractivity contribution < 1.29 is 23.4 Å². The summed E-state index contributed by atoms with van der Waals surface area (Å²) in [6.07, 6.45) is -7.25. The lowest BCUT2D eigenvalue weighted by Gasteiger charge is -2.18. The van der Waals surface area contributed by atoms with Gasteiger partial charge in [0.05, 0.1) is 11.7 Å². The summed E-state index contributed by atoms with van der Waals surface area (Å²) in [4.78, 5) is 0. The molecule has 0 bridgehead atoms. The molecule has 2 unspecified atom stereocenters. The van der Waals surface area contributed by atoms with Crippen LogP contribution in [-0.4, -0.2) is 22.1 Å². The number of hydrogen-bond donors (Lipinski definition) is 4. The van der Waals surface area contributed by atoms with Crippen LogP contribution >= 0.6 is 12.6 Å². The van der Waals surface area contributed by atoms with Crippen LogP contribution in [0.5, 0.6) is 0 Å². The van der Waals surface area contributed by atoms with Crippen LogP contribution in [0.15, 0.2) is 18.2 Å². The molecule has 2 atom stereocenters. The van der Waals surface area contributed by atoms with Gasteiger partial charge in [0.2, 0.25) is 0 Å². The van der Waals surface area contributed by atoms with Crippen molar-refractivity contribution in [1.82, 2.24) is 0 Å². The summed E-state index contributed by atoms with van der Waals surface area (Å²) in [6, 6.07) is 3.02. The highest BCUT2D eigenvalue weighted by Crippen LogP contribution is 2.35. The van der Waals surface area contributed by atoms with Gasteiger partial charge < -0.3 is 15.9 Å². The first-order chi connectivity index (χ1) is 7.77. The molecule has 1 aromatic carbocycles. The Labute approximate surface area is 101 Å². The van der Waals surface area contributed by atoms with Crippen molar-refractivity contribution in [3.05, 3.63) is 29.3 Å². The average molecular weight is 267 g/mol. The molecule has 0 saturated carbocycles. The minimum Gasteiger partial charge on any atom is -0.398 e. The summed E-state index contributed by atoms with van der Waals surface area (Å²) >= 11 is 3.75. The molecule has 3 nitrogen and oxygen atoms in total. The Kier molecular flexibility index (Phi) is 4.29. The Bertz CT molecular complexity index is 398. The molecular weight excluding hydrogens is 255 g/mol. The summed E-state index contributed by atoms with van der Waals surface area (Å²) in [5.74, 6) is -0.0626. The van der Waals surface area contributed by atoms with Gasteiger partial charge in [0.15, 0.2) is 0 Å². The number of nitrogen functional groups attached to an aromatic ring is 1. The Morgan fingerprint density at radius 2 is 1.88 bits per heavy atom. The molecule has 4 N–H and O–H groups in total. The maximum absolute atomic E-state index is 12.5. The van der Waals surface area contributed by atoms with Crippen molar-refractivity contribution in [2.45, 2.75) is 18.4 Å². The van der Waals surface area contributed by atoms with Crippen molar-refractivity contribution in [3.63, 3.8) is 0 Å². The first-order valence-corrected chi connectivity index (χ1v) is 5.34. The maximum atomic E-state index is 12.5. The number of rotatable bonds is 3. The predicted molar refractivity (Wildman–Crippen MR) is 60.7 cm³/mol. The summed E-state index contributed by atoms with van der Waals surface area (Å²) in [5, 5.41) is 18.9. The molecule has 0 amide bonds. The van der Waals surface area contributed by atoms with Gasteiger partial charge in [-0.15, -0.1) is 0 Å². The quantitative estimate of drug-likeness (QED) is 0.497. The molecule has 0 aliphatic rings. The highest BCUT2D eigenvalue weighted by atomic mass is 32.1. The van der Waals surface area contributed by atoms with Gasteiger partial charge in [0, 0.05) is 11.4 Å². The van der Waals surface area contributed by atoms with Crippen LogP contribution in [0.2, 0.25) is 0 Å². The van der Waals surface area contributed by atoms with Crippen LogP contribution in [0.1, 0.15) is 17.2 Å². The lowest BCUT2D eigenvalue weighted by Crippen LogP contribution is -2.20. The summed E-state index contributed by atoms with van der Waals surface area (Å²) in [6.45, 7) is 0. The van der Waals surface area contributed by atoms with Gasteiger partial charge in [-0.25, -0.2) is 0 Å². The summed E-state index contributed by atoms with van der Waals surface area (Å²) in [5.41, 5.74) is 3.71. The molecular formula is C10H12F3NO2S. The van der Waals surface area contributed by atoms with E-state index in [9.17, 15) is 23.4 Å². The molecule has 0 saturated heterocycles. The van der Waals surface area contributed by atoms with E-state index >= 15 is 0 Å². The SMILES string of the molecule is Nc1ccc(C(O)C(O)CS)cc1C(F)(F)F. The van der Waals surface area contributed by atoms with E-state index < -0.39 is 29.6 Å². The second kappa shape index (κ2) is 5.16. The van der Waals surface area contributed by atoms with Crippen LogP contribution in [0, 0.1) is 0 Å². The van der Waals surface area contributed by atoms with Gasteiger partial charge in [-0.1, -0.05) is 6.07 Å². The van der Waals surface area contributed by atoms with Crippen molar-refractivity contribution in [2.75, 3.05) is 11.5 Å². The molecule has 7 heteroatoms. The molecule has 0 aromatic heterocycles. The third-order valence-electron chi connectivity index (χ3n) is 2.28. The van der Waals surface area contributed by atoms with Crippen LogP contribution in [0.25, 0.3) is 0 Å². The number of aliphatic hydroxyl groups is 2. The minimum absolute atomic E-state index is 0.0481. The first-order valence-electron chi connectivity index (χ1n) is 4.71. The predicted octanol–water partition coefficient (Wildman–Crippen LogP) is 1.61. The van der Waals surface area contributed by atoms with Crippen molar-refractivity contribution >= 4 is 18.3 Å². The zero-order valence-corrected chi connectivity index (χ0v) is 9.54. The molecule has 17 heavy (non-hydrogen) atoms. The third kappa shape index (κ3) is 3.27. The Hall–Kier alpha value is -0.920. The van der Waals surface area contributed by atoms with Gasteiger partial charge in [0.25, 0.3) is 0 Å². The zero-order valence-electron chi connectivity index (χ0n) is 8.65. The number of halogens is 3. The van der Waals surface area contributed by atoms with Crippen molar-refractivity contribution in [2.24, 2.45) is 0 Å². The van der Waals surface area contributed by atoms with E-state index in [0.29, 0.717) is 0 Å². The number of alkyl halides is 3. The normalized spacial score (nSPS) is 15.6. The third-order valence-corrected chi connectivity index (χ3v) is 2.65. The van der Waals surface area contributed by atoms with Gasteiger partial charge in [-0.3, -0.25) is 0 Å². The van der Waals surface area contributed by atoms with Crippen molar-refractivity contribution in [1.29, 1.82) is 0 Å². The van der Waals surface area contributed by atoms with Crippen LogP contribution in [0.3, 0.4) is 0 Å². The standard InChI is InChI=1S/C10H12F3NO2S/c11-10(12,13)6-3-5(1-2-7(6)14)9(16)8(15)4-17/h1-3,8-9,15-17H,4,14H2. The number of nitrogens with two attached hydrogens (primary N) is 1. The fraction of sp³-hybridized carbons (Fsp3) is 0.400. The number of aliphatic hydroxyl groups excluding tert-OH is 2. The van der Waals surface area contributed by atoms with E-state index in [1.54, 1.807) is 0 Å². The number of thiol groups is 1. The highest BCUT2D eigenvalue weighted by Gasteiger charge is 2.34. The Morgan fingerprint density at radius 3 is 2.35 bits per heavy atom. The van der Waals surface area contributed by atoms with E-state index in [1.807, 2.05) is 0 Å². The Balaban J connectivity index is 3.13. The lowest BCUT2D eigenvalue weighted by molar-refractivity contribution is -0.137. The summed E-state index contributed by atoms with van der Waals surface area (Å²) in [7, 11) is 0. The number of anilines is 1. The second-order valence-electron chi connectivity index (χ2n) is 3.54. The average Bonchev–Trinajstić information content (AvgIpc) is 2.26. The van der Waals surface area contributed by atoms with E-state index in [0.717, 1.165) is 12.1 Å². The van der Waals surface area contributed by atoms with E-state index in [2.05, 4.69) is 12.6 Å². The first kappa shape index (κ1) is 14.1. The van der Waals surface area contributed by atoms with E-state index in [-0.39, 0.29) is 11.3 Å². The molecule has 0 radical (unpaired) electrons. The maximum Gasteiger partial charge on any atom is 0.418 e. The fourth-order valence-corrected chi connectivity index (χ4v) is 1.53. The van der Waals surface area contributed by atoms with E-state index in [4.69, 9.17) is 5.73 Å². The molecule has 0 heterocycles. The van der Waals surface area contributed by atoms with Crippen LogP contribution in [0.4, 0.5) is 18.9 Å². The molecule has 1 aromatic rings. The van der Waals surface area contributed by atoms with Gasteiger partial charge in [-0.05, 0) is 17.7 Å². The molecule has 0 aliphatic heterocycles. The minimum atomic E-state index is -4.59. The van der Waals surface area contributed by atoms with Crippen LogP contribution in [-0.2, 0) is 6.18 Å². The van der Waals surface area contributed by atoms with Gasteiger partial charge >= 0.3 is 6.18 Å². The summed E-state index contributed by atoms with van der Waals surface area (Å²) < 4.78 is 37.6. The second-order valence-corrected chi connectivity index (χ2v) is 3.90. The molecule has 0 fully saturated rings. The Morgan fingerprint density at radius 1 is 1.29 bits per heavy atom. The number of benzene rings is 1. The zero-order chi connectivity index (χ0) is 13.2. The van der Waals surface area contributed by atoms with Crippen LogP contribution < -0.4 is 5.73 Å². The molecule has 0 aliphatic carbocycles. The van der Waals surface area contributed by atoms with Gasteiger partial charge in [-0.2, -0.15) is 25.8 Å². The smallest absolute Gasteiger partial charge is 0.398 e. The molecule has 96 valence electrons. The van der Waals surface area contributed by atoms with E-state index in [1.165, 1.54) is 6.07 Å². The topological polar surface area (TPSA) is 66.5 Å². The molecule has 1 rings (SSSR count). The van der Waals surface area contributed by atoms with Crippen molar-refractivity contribution in [3.8, 4) is 0 Å². The molecule has 0 spiro atoms. The van der Waals surface area contributed by atoms with Gasteiger partial charge in [0.1, 0.15) is 6.10 Å². The lowest BCUT2D eigenvalue weighted by atomic mass is 10.0. The number of hydrogen-bond acceptors (Lipinski definition) is 4. The highest BCUT2D eigenvalue weighted by molar-refractivity contribution is 7.80.